The molecule has 0 atom stereocenters. The fourth-order valence-corrected chi connectivity index (χ4v) is 4.08. The van der Waals surface area contributed by atoms with Crippen molar-refractivity contribution in [3.8, 4) is 11.1 Å². The molecular formula is C19H19FN4O3S2. The lowest BCUT2D eigenvalue weighted by Gasteiger charge is -2.08. The first-order chi connectivity index (χ1) is 14.0. The molecule has 7 nitrogen and oxygen atoms in total. The molecule has 1 aromatic carbocycles. The van der Waals surface area contributed by atoms with E-state index in [4.69, 9.17) is 4.74 Å². The number of carbonyl (C=O) groups is 2. The van der Waals surface area contributed by atoms with Crippen LogP contribution in [0, 0.1) is 5.82 Å². The van der Waals surface area contributed by atoms with Crippen LogP contribution in [0.25, 0.3) is 11.1 Å². The number of aromatic amines is 1. The van der Waals surface area contributed by atoms with Crippen LogP contribution in [-0.4, -0.2) is 39.4 Å². The van der Waals surface area contributed by atoms with Crippen LogP contribution in [0.15, 0.2) is 34.8 Å². The number of aryl methyl sites for hydroxylation is 1. The summed E-state index contributed by atoms with van der Waals surface area (Å²) in [6.45, 7) is 3.86. The molecule has 0 unspecified atom stereocenters. The van der Waals surface area contributed by atoms with Gasteiger partial charge in [0.15, 0.2) is 0 Å². The zero-order valence-corrected chi connectivity index (χ0v) is 17.5. The molecule has 29 heavy (non-hydrogen) atoms. The average Bonchev–Trinajstić information content (AvgIpc) is 3.34. The molecule has 3 aromatic rings. The normalized spacial score (nSPS) is 10.7. The number of hydrogen-bond acceptors (Lipinski definition) is 7. The summed E-state index contributed by atoms with van der Waals surface area (Å²) >= 11 is 2.41. The van der Waals surface area contributed by atoms with E-state index in [9.17, 15) is 14.0 Å². The SMILES string of the molecule is CCOC(=O)c1c(-c2ccc(F)cc2)csc1NC(=O)CSc1n[nH]c(CC)n1. The number of amides is 1. The fourth-order valence-electron chi connectivity index (χ4n) is 2.49. The van der Waals surface area contributed by atoms with Gasteiger partial charge in [0.05, 0.1) is 12.4 Å². The number of rotatable bonds is 8. The molecule has 1 amide bonds. The van der Waals surface area contributed by atoms with Crippen LogP contribution in [0.2, 0.25) is 0 Å². The van der Waals surface area contributed by atoms with Crippen molar-refractivity contribution < 1.29 is 18.7 Å². The second-order valence-corrected chi connectivity index (χ2v) is 7.66. The average molecular weight is 435 g/mol. The third-order valence-electron chi connectivity index (χ3n) is 3.86. The minimum atomic E-state index is -0.544. The van der Waals surface area contributed by atoms with Crippen LogP contribution in [0.4, 0.5) is 9.39 Å². The van der Waals surface area contributed by atoms with Gasteiger partial charge in [0.1, 0.15) is 22.2 Å². The van der Waals surface area contributed by atoms with E-state index >= 15 is 0 Å². The number of thiophene rings is 1. The predicted octanol–water partition coefficient (Wildman–Crippen LogP) is 4.14. The van der Waals surface area contributed by atoms with Crippen LogP contribution in [-0.2, 0) is 16.0 Å². The number of aromatic nitrogens is 3. The van der Waals surface area contributed by atoms with E-state index in [2.05, 4.69) is 20.5 Å². The van der Waals surface area contributed by atoms with Gasteiger partial charge >= 0.3 is 5.97 Å². The number of hydrogen-bond donors (Lipinski definition) is 2. The van der Waals surface area contributed by atoms with E-state index < -0.39 is 5.97 Å². The zero-order chi connectivity index (χ0) is 20.8. The second kappa shape index (κ2) is 9.66. The van der Waals surface area contributed by atoms with Crippen LogP contribution in [0.3, 0.4) is 0 Å². The van der Waals surface area contributed by atoms with Crippen molar-refractivity contribution >= 4 is 40.0 Å². The zero-order valence-electron chi connectivity index (χ0n) is 15.8. The van der Waals surface area contributed by atoms with Crippen molar-refractivity contribution in [2.24, 2.45) is 0 Å². The molecule has 0 saturated carbocycles. The van der Waals surface area contributed by atoms with Gasteiger partial charge in [-0.1, -0.05) is 30.8 Å². The largest absolute Gasteiger partial charge is 0.462 e. The van der Waals surface area contributed by atoms with Crippen molar-refractivity contribution in [3.63, 3.8) is 0 Å². The van der Waals surface area contributed by atoms with Crippen LogP contribution in [0.1, 0.15) is 30.0 Å². The van der Waals surface area contributed by atoms with Gasteiger partial charge in [-0.25, -0.2) is 14.2 Å². The van der Waals surface area contributed by atoms with Crippen molar-refractivity contribution in [3.05, 3.63) is 46.9 Å². The maximum Gasteiger partial charge on any atom is 0.341 e. The molecule has 2 heterocycles. The Morgan fingerprint density at radius 2 is 2.03 bits per heavy atom. The topological polar surface area (TPSA) is 97.0 Å². The number of esters is 1. The van der Waals surface area contributed by atoms with Crippen molar-refractivity contribution in [2.75, 3.05) is 17.7 Å². The number of halogens is 1. The van der Waals surface area contributed by atoms with Gasteiger partial charge in [-0.3, -0.25) is 9.89 Å². The van der Waals surface area contributed by atoms with Gasteiger partial charge in [0, 0.05) is 17.4 Å². The van der Waals surface area contributed by atoms with Crippen LogP contribution < -0.4 is 5.32 Å². The first-order valence-corrected chi connectivity index (χ1v) is 10.8. The van der Waals surface area contributed by atoms with Gasteiger partial charge in [-0.05, 0) is 24.6 Å². The second-order valence-electron chi connectivity index (χ2n) is 5.84. The Bertz CT molecular complexity index is 1000. The Morgan fingerprint density at radius 3 is 2.69 bits per heavy atom. The monoisotopic (exact) mass is 434 g/mol. The Labute approximate surface area is 175 Å². The first kappa shape index (κ1) is 21.0. The predicted molar refractivity (Wildman–Crippen MR) is 111 cm³/mol. The Hall–Kier alpha value is -2.72. The van der Waals surface area contributed by atoms with Gasteiger partial charge in [0.25, 0.3) is 0 Å². The maximum absolute atomic E-state index is 13.2. The molecule has 0 aliphatic carbocycles. The summed E-state index contributed by atoms with van der Waals surface area (Å²) in [5, 5.41) is 12.2. The van der Waals surface area contributed by atoms with E-state index in [0.717, 1.165) is 12.2 Å². The number of anilines is 1. The molecule has 0 fully saturated rings. The molecule has 152 valence electrons. The first-order valence-electron chi connectivity index (χ1n) is 8.90. The number of ether oxygens (including phenoxy) is 1. The molecule has 3 rings (SSSR count). The molecule has 2 aromatic heterocycles. The highest BCUT2D eigenvalue weighted by atomic mass is 32.2. The van der Waals surface area contributed by atoms with E-state index in [1.807, 2.05) is 6.92 Å². The molecule has 2 N–H and O–H groups in total. The molecule has 0 aliphatic rings. The summed E-state index contributed by atoms with van der Waals surface area (Å²) in [5.41, 5.74) is 1.50. The van der Waals surface area contributed by atoms with Crippen molar-refractivity contribution in [2.45, 2.75) is 25.4 Å². The number of nitrogens with zero attached hydrogens (tertiary/aromatic N) is 2. The number of carbonyl (C=O) groups excluding carboxylic acids is 2. The molecule has 0 bridgehead atoms. The summed E-state index contributed by atoms with van der Waals surface area (Å²) in [6, 6.07) is 5.79. The molecule has 0 saturated heterocycles. The van der Waals surface area contributed by atoms with E-state index in [0.29, 0.717) is 21.3 Å². The minimum Gasteiger partial charge on any atom is -0.462 e. The third kappa shape index (κ3) is 5.21. The van der Waals surface area contributed by atoms with Crippen molar-refractivity contribution in [1.82, 2.24) is 15.2 Å². The number of benzene rings is 1. The smallest absolute Gasteiger partial charge is 0.341 e. The van der Waals surface area contributed by atoms with Crippen molar-refractivity contribution in [1.29, 1.82) is 0 Å². The lowest BCUT2D eigenvalue weighted by atomic mass is 10.0. The van der Waals surface area contributed by atoms with Gasteiger partial charge < -0.3 is 10.1 Å². The Kier molecular flexibility index (Phi) is 6.99. The molecule has 10 heteroatoms. The number of thioether (sulfide) groups is 1. The number of H-pyrrole nitrogens is 1. The summed E-state index contributed by atoms with van der Waals surface area (Å²) in [5.74, 6) is -0.369. The van der Waals surface area contributed by atoms with E-state index in [1.54, 1.807) is 24.4 Å². The molecule has 0 radical (unpaired) electrons. The molecule has 0 spiro atoms. The van der Waals surface area contributed by atoms with Gasteiger partial charge in [-0.2, -0.15) is 0 Å². The Balaban J connectivity index is 1.77. The maximum atomic E-state index is 13.2. The molecular weight excluding hydrogens is 415 g/mol. The lowest BCUT2D eigenvalue weighted by Crippen LogP contribution is -2.16. The van der Waals surface area contributed by atoms with Crippen LogP contribution >= 0.6 is 23.1 Å². The van der Waals surface area contributed by atoms with E-state index in [1.165, 1.54) is 35.2 Å². The standard InChI is InChI=1S/C19H19FN4O3S2/c1-3-14-21-19(24-23-14)29-10-15(25)22-17-16(18(26)27-4-2)13(9-28-17)11-5-7-12(20)8-6-11/h5-9H,3-4,10H2,1-2H3,(H,22,25)(H,21,23,24). The highest BCUT2D eigenvalue weighted by Crippen LogP contribution is 2.36. The Morgan fingerprint density at radius 1 is 1.28 bits per heavy atom. The summed E-state index contributed by atoms with van der Waals surface area (Å²) in [7, 11) is 0. The number of nitrogens with one attached hydrogen (secondary N) is 2. The third-order valence-corrected chi connectivity index (χ3v) is 5.60. The highest BCUT2D eigenvalue weighted by molar-refractivity contribution is 7.99. The summed E-state index contributed by atoms with van der Waals surface area (Å²) < 4.78 is 18.4. The van der Waals surface area contributed by atoms with E-state index in [-0.39, 0.29) is 29.6 Å². The quantitative estimate of drug-likeness (QED) is 0.409. The lowest BCUT2D eigenvalue weighted by molar-refractivity contribution is -0.113. The summed E-state index contributed by atoms with van der Waals surface area (Å²) in [4.78, 5) is 29.1. The van der Waals surface area contributed by atoms with Gasteiger partial charge in [0.2, 0.25) is 11.1 Å². The minimum absolute atomic E-state index is 0.0903. The highest BCUT2D eigenvalue weighted by Gasteiger charge is 2.23. The fraction of sp³-hybridized carbons (Fsp3) is 0.263. The summed E-state index contributed by atoms with van der Waals surface area (Å²) in [6.07, 6.45) is 0.726. The van der Waals surface area contributed by atoms with Gasteiger partial charge in [-0.15, -0.1) is 16.4 Å². The van der Waals surface area contributed by atoms with Crippen LogP contribution in [0.5, 0.6) is 0 Å². The molecule has 0 aliphatic heterocycles.